The number of para-hydroxylation sites is 2. The summed E-state index contributed by atoms with van der Waals surface area (Å²) in [6.45, 7) is 1.66. The number of anilines is 2. The van der Waals surface area contributed by atoms with E-state index in [1.807, 2.05) is 72.6 Å². The standard InChI is InChI=1S/C27H19ClN4O5S3.C5H5N/c1-15-22(24(33)32(29-15)19-13-12-17(14-18(19)28)40(35,36)37)26-31(16-8-4-3-5-9-16)25(34)23(39-26)27-30(2)20-10-6-7-11-21(20)38-27;1-2-4-6-5-3-1/h3-14H,1-2H3,(H,35,36,37);1-5H/b26-22+,27-23-;. The number of carbonyl (C=O) groups is 1. The highest BCUT2D eigenvalue weighted by Gasteiger charge is 2.34. The third-order valence-electron chi connectivity index (χ3n) is 6.99. The van der Waals surface area contributed by atoms with E-state index in [-0.39, 0.29) is 21.8 Å². The average Bonchev–Trinajstić information content (AvgIpc) is 3.67. The number of hydrogen-bond donors (Lipinski definition) is 1. The number of hydrazone groups is 1. The number of carbonyl (C=O) groups excluding carboxylic acids is 1. The summed E-state index contributed by atoms with van der Waals surface area (Å²) in [4.78, 5) is 34.2. The SMILES string of the molecule is CC1=NN(c2ccc(S(=O)(=O)O)cc2Cl)C(=O)/C1=c1/s/c(=C2\Sc3ccccc3N2C)c(=O)n1-c1ccccc1.c1ccncc1. The molecule has 1 N–H and O–H groups in total. The van der Waals surface area contributed by atoms with Crippen molar-refractivity contribution in [3.05, 3.63) is 128 Å². The van der Waals surface area contributed by atoms with Gasteiger partial charge in [-0.2, -0.15) is 18.5 Å². The van der Waals surface area contributed by atoms with Crippen LogP contribution in [0.4, 0.5) is 11.4 Å². The van der Waals surface area contributed by atoms with Crippen molar-refractivity contribution in [1.82, 2.24) is 9.55 Å². The Bertz CT molecular complexity index is 2280. The minimum absolute atomic E-state index is 0.0918. The molecule has 7 rings (SSSR count). The number of nitrogens with zero attached hydrogens (tertiary/aromatic N) is 5. The molecule has 46 heavy (non-hydrogen) atoms. The molecule has 232 valence electrons. The highest BCUT2D eigenvalue weighted by Crippen LogP contribution is 2.45. The van der Waals surface area contributed by atoms with Crippen LogP contribution in [0.15, 0.2) is 123 Å². The number of halogens is 1. The van der Waals surface area contributed by atoms with Gasteiger partial charge in [0.2, 0.25) is 0 Å². The van der Waals surface area contributed by atoms with Crippen molar-refractivity contribution in [3.63, 3.8) is 0 Å². The molecule has 3 aromatic carbocycles. The molecule has 2 aliphatic heterocycles. The molecule has 0 aliphatic carbocycles. The van der Waals surface area contributed by atoms with Crippen LogP contribution in [0, 0.1) is 0 Å². The zero-order chi connectivity index (χ0) is 32.6. The summed E-state index contributed by atoms with van der Waals surface area (Å²) in [5.41, 5.74) is 2.02. The second kappa shape index (κ2) is 12.7. The fourth-order valence-corrected chi connectivity index (χ4v) is 8.21. The van der Waals surface area contributed by atoms with Gasteiger partial charge in [-0.1, -0.05) is 59.8 Å². The first-order valence-corrected chi connectivity index (χ1v) is 17.1. The molecule has 0 unspecified atom stereocenters. The Morgan fingerprint density at radius 1 is 0.870 bits per heavy atom. The number of amides is 1. The smallest absolute Gasteiger partial charge is 0.294 e. The summed E-state index contributed by atoms with van der Waals surface area (Å²) in [7, 11) is -2.58. The minimum Gasteiger partial charge on any atom is -0.337 e. The van der Waals surface area contributed by atoms with Gasteiger partial charge in [0.1, 0.15) is 14.2 Å². The molecule has 0 atom stereocenters. The molecule has 2 aromatic heterocycles. The first-order valence-electron chi connectivity index (χ1n) is 13.6. The molecular weight excluding hydrogens is 666 g/mol. The monoisotopic (exact) mass is 689 g/mol. The maximum Gasteiger partial charge on any atom is 0.294 e. The van der Waals surface area contributed by atoms with Crippen molar-refractivity contribution in [3.8, 4) is 5.69 Å². The van der Waals surface area contributed by atoms with Gasteiger partial charge in [0.25, 0.3) is 21.6 Å². The summed E-state index contributed by atoms with van der Waals surface area (Å²) in [6.07, 6.45) is 3.50. The second-order valence-corrected chi connectivity index (χ2v) is 13.8. The van der Waals surface area contributed by atoms with E-state index in [0.717, 1.165) is 32.8 Å². The minimum atomic E-state index is -4.49. The molecule has 14 heteroatoms. The van der Waals surface area contributed by atoms with E-state index in [4.69, 9.17) is 11.6 Å². The Kier molecular flexibility index (Phi) is 8.68. The number of rotatable bonds is 3. The summed E-state index contributed by atoms with van der Waals surface area (Å²) < 4.78 is 34.8. The van der Waals surface area contributed by atoms with E-state index < -0.39 is 20.9 Å². The molecule has 0 fully saturated rings. The number of aromatic nitrogens is 2. The van der Waals surface area contributed by atoms with Crippen molar-refractivity contribution in [2.75, 3.05) is 17.0 Å². The molecule has 0 bridgehead atoms. The average molecular weight is 690 g/mol. The lowest BCUT2D eigenvalue weighted by Gasteiger charge is -2.14. The van der Waals surface area contributed by atoms with E-state index in [9.17, 15) is 22.6 Å². The number of thioether (sulfide) groups is 1. The van der Waals surface area contributed by atoms with Crippen LogP contribution >= 0.6 is 34.7 Å². The number of thiazole rings is 1. The van der Waals surface area contributed by atoms with Gasteiger partial charge in [0, 0.05) is 24.3 Å². The van der Waals surface area contributed by atoms with Crippen molar-refractivity contribution < 1.29 is 17.8 Å². The molecule has 0 radical (unpaired) electrons. The van der Waals surface area contributed by atoms with E-state index >= 15 is 0 Å². The van der Waals surface area contributed by atoms with E-state index in [2.05, 4.69) is 10.1 Å². The molecular formula is C32H24ClN5O5S3. The van der Waals surface area contributed by atoms with Crippen LogP contribution in [0.5, 0.6) is 0 Å². The van der Waals surface area contributed by atoms with Crippen LogP contribution in [0.2, 0.25) is 5.02 Å². The number of hydrogen-bond acceptors (Lipinski definition) is 9. The van der Waals surface area contributed by atoms with Gasteiger partial charge in [-0.25, -0.2) is 0 Å². The van der Waals surface area contributed by atoms with Crippen molar-refractivity contribution in [1.29, 1.82) is 0 Å². The summed E-state index contributed by atoms with van der Waals surface area (Å²) in [6, 6.07) is 26.1. The van der Waals surface area contributed by atoms with Crippen LogP contribution in [0.1, 0.15) is 6.92 Å². The van der Waals surface area contributed by atoms with Gasteiger partial charge in [0.05, 0.1) is 38.3 Å². The second-order valence-electron chi connectivity index (χ2n) is 9.94. The Hall–Kier alpha value is -4.53. The molecule has 0 saturated heterocycles. The van der Waals surface area contributed by atoms with Gasteiger partial charge in [-0.05, 0) is 61.5 Å². The molecule has 5 aromatic rings. The van der Waals surface area contributed by atoms with E-state index in [1.165, 1.54) is 33.7 Å². The van der Waals surface area contributed by atoms with Gasteiger partial charge in [0.15, 0.2) is 0 Å². The quantitative estimate of drug-likeness (QED) is 0.269. The maximum atomic E-state index is 14.0. The number of pyridine rings is 1. The number of benzene rings is 3. The normalized spacial score (nSPS) is 16.6. The van der Waals surface area contributed by atoms with Crippen LogP contribution < -0.4 is 24.7 Å². The Morgan fingerprint density at radius 3 is 2.15 bits per heavy atom. The molecule has 1 amide bonds. The maximum absolute atomic E-state index is 14.0. The van der Waals surface area contributed by atoms with Gasteiger partial charge in [-0.15, -0.1) is 11.3 Å². The number of fused-ring (bicyclic) bond motifs is 1. The highest BCUT2D eigenvalue weighted by molar-refractivity contribution is 8.08. The van der Waals surface area contributed by atoms with Crippen molar-refractivity contribution in [2.24, 2.45) is 5.10 Å². The highest BCUT2D eigenvalue weighted by atomic mass is 35.5. The Labute approximate surface area is 277 Å². The van der Waals surface area contributed by atoms with E-state index in [1.54, 1.807) is 31.5 Å². The first-order chi connectivity index (χ1) is 22.1. The molecule has 0 spiro atoms. The molecule has 2 aliphatic rings. The van der Waals surface area contributed by atoms with Crippen LogP contribution in [0.25, 0.3) is 16.3 Å². The van der Waals surface area contributed by atoms with Crippen molar-refractivity contribution >= 4 is 78.4 Å². The zero-order valence-corrected chi connectivity index (χ0v) is 27.4. The fourth-order valence-electron chi connectivity index (χ4n) is 4.84. The zero-order valence-electron chi connectivity index (χ0n) is 24.2. The van der Waals surface area contributed by atoms with Gasteiger partial charge in [-0.3, -0.25) is 23.7 Å². The third-order valence-corrected chi connectivity index (χ3v) is 10.7. The Morgan fingerprint density at radius 2 is 1.54 bits per heavy atom. The van der Waals surface area contributed by atoms with Crippen LogP contribution in [-0.2, 0) is 14.9 Å². The van der Waals surface area contributed by atoms with Gasteiger partial charge >= 0.3 is 0 Å². The van der Waals surface area contributed by atoms with Crippen LogP contribution in [-0.4, -0.2) is 41.2 Å². The van der Waals surface area contributed by atoms with Crippen LogP contribution in [0.3, 0.4) is 0 Å². The summed E-state index contributed by atoms with van der Waals surface area (Å²) >= 11 is 9.01. The summed E-state index contributed by atoms with van der Waals surface area (Å²) in [5.74, 6) is -0.530. The molecule has 10 nitrogen and oxygen atoms in total. The Balaban J connectivity index is 0.000000557. The topological polar surface area (TPSA) is 125 Å². The van der Waals surface area contributed by atoms with Crippen molar-refractivity contribution in [2.45, 2.75) is 16.7 Å². The third kappa shape index (κ3) is 5.90. The lowest BCUT2D eigenvalue weighted by atomic mass is 10.2. The van der Waals surface area contributed by atoms with E-state index in [0.29, 0.717) is 20.6 Å². The predicted octanol–water partition coefficient (Wildman–Crippen LogP) is 4.76. The lowest BCUT2D eigenvalue weighted by molar-refractivity contribution is -0.112. The summed E-state index contributed by atoms with van der Waals surface area (Å²) in [5, 5.41) is 6.14. The first kappa shape index (κ1) is 31.5. The molecule has 0 saturated carbocycles. The predicted molar refractivity (Wildman–Crippen MR) is 183 cm³/mol. The fraction of sp³-hybridized carbons (Fsp3) is 0.0625. The molecule has 4 heterocycles. The lowest BCUT2D eigenvalue weighted by Crippen LogP contribution is -2.34. The van der Waals surface area contributed by atoms with Gasteiger partial charge < -0.3 is 4.90 Å². The largest absolute Gasteiger partial charge is 0.337 e.